The average Bonchev–Trinajstić information content (AvgIpc) is 1.82. The van der Waals surface area contributed by atoms with E-state index in [0.29, 0.717) is 5.03 Å². The number of allylic oxidation sites excluding steroid dienone is 3. The van der Waals surface area contributed by atoms with Gasteiger partial charge in [-0.1, -0.05) is 18.2 Å². The van der Waals surface area contributed by atoms with Crippen LogP contribution in [0.1, 0.15) is 0 Å². The summed E-state index contributed by atoms with van der Waals surface area (Å²) in [5, 5.41) is 0.350. The SMILES string of the molecule is C=C1C(F)=CN(C)C=C1Cl. The molecule has 0 saturated heterocycles. The standard InChI is InChI=1S/C7H7ClFN/c1-5-6(8)3-10(2)4-7(5)9/h3-4H,1H2,2H3. The molecule has 1 heterocycles. The monoisotopic (exact) mass is 159 g/mol. The zero-order valence-corrected chi connectivity index (χ0v) is 6.32. The first-order valence-corrected chi connectivity index (χ1v) is 3.15. The maximum absolute atomic E-state index is 12.7. The Labute approximate surface area is 64.1 Å². The number of rotatable bonds is 0. The summed E-state index contributed by atoms with van der Waals surface area (Å²) in [5.74, 6) is -0.380. The highest BCUT2D eigenvalue weighted by Gasteiger charge is 2.11. The van der Waals surface area contributed by atoms with Crippen LogP contribution in [0.25, 0.3) is 0 Å². The molecule has 0 aromatic rings. The van der Waals surface area contributed by atoms with Crippen molar-refractivity contribution in [1.29, 1.82) is 0 Å². The van der Waals surface area contributed by atoms with Crippen LogP contribution in [0.4, 0.5) is 4.39 Å². The normalized spacial score (nSPS) is 18.7. The fraction of sp³-hybridized carbons (Fsp3) is 0.143. The molecule has 1 aliphatic heterocycles. The molecule has 0 amide bonds. The maximum Gasteiger partial charge on any atom is 0.147 e. The zero-order chi connectivity index (χ0) is 7.72. The fourth-order valence-corrected chi connectivity index (χ4v) is 0.909. The summed E-state index contributed by atoms with van der Waals surface area (Å²) in [6.07, 6.45) is 2.93. The lowest BCUT2D eigenvalue weighted by Gasteiger charge is -2.15. The second-order valence-corrected chi connectivity index (χ2v) is 2.51. The van der Waals surface area contributed by atoms with E-state index in [9.17, 15) is 4.39 Å². The number of halogens is 2. The topological polar surface area (TPSA) is 3.24 Å². The van der Waals surface area contributed by atoms with E-state index < -0.39 is 0 Å². The van der Waals surface area contributed by atoms with Gasteiger partial charge in [0, 0.05) is 25.0 Å². The average molecular weight is 160 g/mol. The van der Waals surface area contributed by atoms with Gasteiger partial charge >= 0.3 is 0 Å². The van der Waals surface area contributed by atoms with Gasteiger partial charge in [0.15, 0.2) is 0 Å². The molecule has 10 heavy (non-hydrogen) atoms. The molecule has 1 nitrogen and oxygen atoms in total. The minimum atomic E-state index is -0.380. The Morgan fingerprint density at radius 2 is 2.20 bits per heavy atom. The zero-order valence-electron chi connectivity index (χ0n) is 5.56. The van der Waals surface area contributed by atoms with Gasteiger partial charge in [0.05, 0.1) is 5.03 Å². The van der Waals surface area contributed by atoms with E-state index in [1.807, 2.05) is 0 Å². The molecule has 0 saturated carbocycles. The Hall–Kier alpha value is -0.760. The third kappa shape index (κ3) is 1.21. The van der Waals surface area contributed by atoms with Crippen molar-refractivity contribution >= 4 is 11.6 Å². The fourth-order valence-electron chi connectivity index (χ4n) is 0.665. The van der Waals surface area contributed by atoms with Gasteiger partial charge in [0.1, 0.15) is 5.83 Å². The van der Waals surface area contributed by atoms with Crippen LogP contribution >= 0.6 is 11.6 Å². The van der Waals surface area contributed by atoms with E-state index in [1.54, 1.807) is 18.1 Å². The largest absolute Gasteiger partial charge is 0.353 e. The third-order valence-corrected chi connectivity index (χ3v) is 1.54. The summed E-state index contributed by atoms with van der Waals surface area (Å²) in [4.78, 5) is 1.55. The van der Waals surface area contributed by atoms with Gasteiger partial charge in [0.2, 0.25) is 0 Å². The summed E-state index contributed by atoms with van der Waals surface area (Å²) in [5.41, 5.74) is 0.250. The molecule has 0 unspecified atom stereocenters. The minimum absolute atomic E-state index is 0.250. The number of nitrogens with zero attached hydrogens (tertiary/aromatic N) is 1. The van der Waals surface area contributed by atoms with Crippen LogP contribution in [0.2, 0.25) is 0 Å². The Bertz CT molecular complexity index is 208. The first kappa shape index (κ1) is 7.35. The van der Waals surface area contributed by atoms with Gasteiger partial charge in [-0.15, -0.1) is 0 Å². The van der Waals surface area contributed by atoms with Crippen molar-refractivity contribution in [3.05, 3.63) is 35.4 Å². The van der Waals surface area contributed by atoms with E-state index in [4.69, 9.17) is 11.6 Å². The lowest BCUT2D eigenvalue weighted by molar-refractivity contribution is 0.553. The molecule has 0 bridgehead atoms. The van der Waals surface area contributed by atoms with Crippen molar-refractivity contribution in [3.8, 4) is 0 Å². The molecule has 54 valence electrons. The molecule has 0 aromatic carbocycles. The van der Waals surface area contributed by atoms with Gasteiger partial charge < -0.3 is 4.90 Å². The smallest absolute Gasteiger partial charge is 0.147 e. The Morgan fingerprint density at radius 3 is 2.70 bits per heavy atom. The van der Waals surface area contributed by atoms with Crippen LogP contribution < -0.4 is 0 Å². The molecule has 0 N–H and O–H groups in total. The molecular formula is C7H7ClFN. The molecule has 1 rings (SSSR count). The molecule has 1 aliphatic rings. The van der Waals surface area contributed by atoms with Crippen molar-refractivity contribution in [2.75, 3.05) is 7.05 Å². The molecule has 0 atom stereocenters. The predicted molar refractivity (Wildman–Crippen MR) is 40.0 cm³/mol. The molecule has 0 radical (unpaired) electrons. The Kier molecular flexibility index (Phi) is 1.81. The summed E-state index contributed by atoms with van der Waals surface area (Å²) < 4.78 is 12.7. The highest BCUT2D eigenvalue weighted by molar-refractivity contribution is 6.32. The van der Waals surface area contributed by atoms with Gasteiger partial charge in [-0.2, -0.15) is 0 Å². The minimum Gasteiger partial charge on any atom is -0.353 e. The van der Waals surface area contributed by atoms with Crippen molar-refractivity contribution in [3.63, 3.8) is 0 Å². The van der Waals surface area contributed by atoms with E-state index >= 15 is 0 Å². The highest BCUT2D eigenvalue weighted by atomic mass is 35.5. The van der Waals surface area contributed by atoms with E-state index in [2.05, 4.69) is 6.58 Å². The summed E-state index contributed by atoms with van der Waals surface area (Å²) in [6, 6.07) is 0. The first-order chi connectivity index (χ1) is 4.61. The van der Waals surface area contributed by atoms with Crippen LogP contribution in [-0.4, -0.2) is 11.9 Å². The van der Waals surface area contributed by atoms with Crippen LogP contribution in [0.15, 0.2) is 35.4 Å². The maximum atomic E-state index is 12.7. The highest BCUT2D eigenvalue weighted by Crippen LogP contribution is 2.26. The number of hydrogen-bond acceptors (Lipinski definition) is 1. The van der Waals surface area contributed by atoms with Crippen LogP contribution in [-0.2, 0) is 0 Å². The van der Waals surface area contributed by atoms with E-state index in [-0.39, 0.29) is 11.4 Å². The van der Waals surface area contributed by atoms with Crippen molar-refractivity contribution in [1.82, 2.24) is 4.90 Å². The van der Waals surface area contributed by atoms with Gasteiger partial charge in [-0.3, -0.25) is 0 Å². The van der Waals surface area contributed by atoms with E-state index in [0.717, 1.165) is 0 Å². The van der Waals surface area contributed by atoms with Crippen LogP contribution in [0.3, 0.4) is 0 Å². The summed E-state index contributed by atoms with van der Waals surface area (Å²) in [6.45, 7) is 3.44. The van der Waals surface area contributed by atoms with Crippen molar-refractivity contribution in [2.24, 2.45) is 0 Å². The molecule has 0 aliphatic carbocycles. The molecule has 0 spiro atoms. The second-order valence-electron chi connectivity index (χ2n) is 2.10. The van der Waals surface area contributed by atoms with Gasteiger partial charge in [-0.25, -0.2) is 4.39 Å². The predicted octanol–water partition coefficient (Wildman–Crippen LogP) is 2.38. The molecule has 3 heteroatoms. The second kappa shape index (κ2) is 2.46. The van der Waals surface area contributed by atoms with Gasteiger partial charge in [-0.05, 0) is 0 Å². The molecule has 0 aromatic heterocycles. The summed E-state index contributed by atoms with van der Waals surface area (Å²) in [7, 11) is 1.70. The number of hydrogen-bond donors (Lipinski definition) is 0. The van der Waals surface area contributed by atoms with Crippen LogP contribution in [0.5, 0.6) is 0 Å². The first-order valence-electron chi connectivity index (χ1n) is 2.77. The Morgan fingerprint density at radius 1 is 1.60 bits per heavy atom. The Balaban J connectivity index is 2.94. The lowest BCUT2D eigenvalue weighted by atomic mass is 10.2. The third-order valence-electron chi connectivity index (χ3n) is 1.21. The lowest BCUT2D eigenvalue weighted by Crippen LogP contribution is -2.07. The van der Waals surface area contributed by atoms with Crippen molar-refractivity contribution in [2.45, 2.75) is 0 Å². The summed E-state index contributed by atoms with van der Waals surface area (Å²) >= 11 is 5.60. The van der Waals surface area contributed by atoms with Crippen LogP contribution in [0, 0.1) is 0 Å². The van der Waals surface area contributed by atoms with Gasteiger partial charge in [0.25, 0.3) is 0 Å². The van der Waals surface area contributed by atoms with E-state index in [1.165, 1.54) is 6.20 Å². The van der Waals surface area contributed by atoms with Crippen molar-refractivity contribution < 1.29 is 4.39 Å². The molecule has 0 fully saturated rings. The molecular weight excluding hydrogens is 153 g/mol. The quantitative estimate of drug-likeness (QED) is 0.525.